The molecule has 1 saturated carbocycles. The van der Waals surface area contributed by atoms with Crippen LogP contribution >= 0.6 is 0 Å². The Morgan fingerprint density at radius 3 is 2.37 bits per heavy atom. The van der Waals surface area contributed by atoms with E-state index >= 15 is 0 Å². The summed E-state index contributed by atoms with van der Waals surface area (Å²) in [4.78, 5) is 12.4. The Balaban J connectivity index is 1.81. The van der Waals surface area contributed by atoms with Gasteiger partial charge in [0.2, 0.25) is 0 Å². The van der Waals surface area contributed by atoms with Gasteiger partial charge in [0.25, 0.3) is 0 Å². The highest BCUT2D eigenvalue weighted by molar-refractivity contribution is 6.09. The Kier molecular flexibility index (Phi) is 3.08. The van der Waals surface area contributed by atoms with Gasteiger partial charge in [-0.15, -0.1) is 0 Å². The molecular weight excluding hydrogens is 236 g/mol. The van der Waals surface area contributed by atoms with Crippen molar-refractivity contribution in [3.63, 3.8) is 0 Å². The molecule has 0 aromatic heterocycles. The lowest BCUT2D eigenvalue weighted by molar-refractivity contribution is 0.103. The minimum Gasteiger partial charge on any atom is -0.490 e. The van der Waals surface area contributed by atoms with Crippen LogP contribution in [0.25, 0.3) is 0 Å². The van der Waals surface area contributed by atoms with Crippen LogP contribution in [0.4, 0.5) is 0 Å². The molecule has 1 aliphatic carbocycles. The maximum atomic E-state index is 12.4. The van der Waals surface area contributed by atoms with Crippen LogP contribution in [0.2, 0.25) is 0 Å². The maximum Gasteiger partial charge on any atom is 0.193 e. The molecule has 0 spiro atoms. The summed E-state index contributed by atoms with van der Waals surface area (Å²) < 4.78 is 5.68. The molecule has 0 atom stereocenters. The maximum absolute atomic E-state index is 12.4. The lowest BCUT2D eigenvalue weighted by Crippen LogP contribution is -2.03. The van der Waals surface area contributed by atoms with E-state index in [1.807, 2.05) is 55.5 Å². The highest BCUT2D eigenvalue weighted by Gasteiger charge is 2.23. The summed E-state index contributed by atoms with van der Waals surface area (Å²) >= 11 is 0. The molecule has 0 unspecified atom stereocenters. The third kappa shape index (κ3) is 2.68. The Bertz CT molecular complexity index is 595. The molecule has 0 saturated heterocycles. The number of aryl methyl sites for hydroxylation is 1. The topological polar surface area (TPSA) is 26.3 Å². The molecule has 0 bridgehead atoms. The van der Waals surface area contributed by atoms with Crippen molar-refractivity contribution in [2.75, 3.05) is 0 Å². The second kappa shape index (κ2) is 4.88. The quantitative estimate of drug-likeness (QED) is 0.774. The molecule has 0 N–H and O–H groups in total. The van der Waals surface area contributed by atoms with E-state index in [1.54, 1.807) is 0 Å². The first-order chi connectivity index (χ1) is 9.24. The van der Waals surface area contributed by atoms with Crippen molar-refractivity contribution in [3.8, 4) is 5.75 Å². The Morgan fingerprint density at radius 1 is 1.05 bits per heavy atom. The molecule has 1 fully saturated rings. The number of benzene rings is 2. The van der Waals surface area contributed by atoms with Crippen LogP contribution in [0, 0.1) is 6.92 Å². The van der Waals surface area contributed by atoms with Gasteiger partial charge in [0.05, 0.1) is 6.10 Å². The van der Waals surface area contributed by atoms with Crippen molar-refractivity contribution in [2.45, 2.75) is 25.9 Å². The summed E-state index contributed by atoms with van der Waals surface area (Å²) in [6.07, 6.45) is 2.67. The zero-order valence-corrected chi connectivity index (χ0v) is 10.9. The zero-order chi connectivity index (χ0) is 13.2. The van der Waals surface area contributed by atoms with Crippen molar-refractivity contribution in [1.29, 1.82) is 0 Å². The smallest absolute Gasteiger partial charge is 0.193 e. The monoisotopic (exact) mass is 252 g/mol. The average Bonchev–Trinajstić information content (AvgIpc) is 3.23. The number of carbonyl (C=O) groups excluding carboxylic acids is 1. The van der Waals surface area contributed by atoms with Crippen LogP contribution in [0.1, 0.15) is 34.3 Å². The first-order valence-electron chi connectivity index (χ1n) is 6.61. The Labute approximate surface area is 113 Å². The number of hydrogen-bond donors (Lipinski definition) is 0. The Hall–Kier alpha value is -2.09. The molecule has 2 aromatic rings. The molecule has 19 heavy (non-hydrogen) atoms. The third-order valence-electron chi connectivity index (χ3n) is 3.33. The largest absolute Gasteiger partial charge is 0.490 e. The van der Waals surface area contributed by atoms with Gasteiger partial charge in [-0.3, -0.25) is 4.79 Å². The lowest BCUT2D eigenvalue weighted by Gasteiger charge is -2.07. The van der Waals surface area contributed by atoms with E-state index in [-0.39, 0.29) is 5.78 Å². The van der Waals surface area contributed by atoms with E-state index in [0.29, 0.717) is 11.7 Å². The second-order valence-corrected chi connectivity index (χ2v) is 4.99. The summed E-state index contributed by atoms with van der Waals surface area (Å²) in [7, 11) is 0. The number of hydrogen-bond acceptors (Lipinski definition) is 2. The van der Waals surface area contributed by atoms with Gasteiger partial charge in [-0.2, -0.15) is 0 Å². The summed E-state index contributed by atoms with van der Waals surface area (Å²) in [5.74, 6) is 0.917. The van der Waals surface area contributed by atoms with Crippen LogP contribution in [0.15, 0.2) is 48.5 Å². The number of ether oxygens (including phenoxy) is 1. The van der Waals surface area contributed by atoms with Crippen molar-refractivity contribution in [3.05, 3.63) is 65.2 Å². The predicted molar refractivity (Wildman–Crippen MR) is 74.7 cm³/mol. The van der Waals surface area contributed by atoms with Crippen molar-refractivity contribution in [2.24, 2.45) is 0 Å². The standard InChI is InChI=1S/C17H16O2/c1-12-4-2-3-5-16(12)17(18)13-6-8-14(9-7-13)19-15-10-11-15/h2-9,15H,10-11H2,1H3. The van der Waals surface area contributed by atoms with Gasteiger partial charge < -0.3 is 4.74 Å². The summed E-state index contributed by atoms with van der Waals surface area (Å²) in [5.41, 5.74) is 2.47. The average molecular weight is 252 g/mol. The van der Waals surface area contributed by atoms with E-state index < -0.39 is 0 Å². The molecular formula is C17H16O2. The number of rotatable bonds is 4. The third-order valence-corrected chi connectivity index (χ3v) is 3.33. The van der Waals surface area contributed by atoms with Crippen molar-refractivity contribution in [1.82, 2.24) is 0 Å². The first-order valence-corrected chi connectivity index (χ1v) is 6.61. The fraction of sp³-hybridized carbons (Fsp3) is 0.235. The summed E-state index contributed by atoms with van der Waals surface area (Å²) in [6, 6.07) is 15.1. The van der Waals surface area contributed by atoms with Gasteiger partial charge in [-0.25, -0.2) is 0 Å². The van der Waals surface area contributed by atoms with Gasteiger partial charge in [0, 0.05) is 11.1 Å². The van der Waals surface area contributed by atoms with Crippen LogP contribution in [-0.2, 0) is 0 Å². The van der Waals surface area contributed by atoms with Crippen LogP contribution in [0.3, 0.4) is 0 Å². The van der Waals surface area contributed by atoms with E-state index in [9.17, 15) is 4.79 Å². The Morgan fingerprint density at radius 2 is 1.74 bits per heavy atom. The van der Waals surface area contributed by atoms with Crippen molar-refractivity contribution < 1.29 is 9.53 Å². The van der Waals surface area contributed by atoms with Crippen LogP contribution in [0.5, 0.6) is 5.75 Å². The minimum absolute atomic E-state index is 0.0658. The van der Waals surface area contributed by atoms with Gasteiger partial charge in [0.15, 0.2) is 5.78 Å². The second-order valence-electron chi connectivity index (χ2n) is 4.99. The van der Waals surface area contributed by atoms with E-state index in [0.717, 1.165) is 29.7 Å². The molecule has 2 nitrogen and oxygen atoms in total. The van der Waals surface area contributed by atoms with Gasteiger partial charge in [0.1, 0.15) is 5.75 Å². The SMILES string of the molecule is Cc1ccccc1C(=O)c1ccc(OC2CC2)cc1. The molecule has 0 amide bonds. The number of ketones is 1. The van der Waals surface area contributed by atoms with E-state index in [1.165, 1.54) is 0 Å². The first kappa shape index (κ1) is 12.0. The molecule has 0 heterocycles. The molecule has 1 aliphatic rings. The van der Waals surface area contributed by atoms with Crippen molar-refractivity contribution >= 4 is 5.78 Å². The highest BCUT2D eigenvalue weighted by atomic mass is 16.5. The zero-order valence-electron chi connectivity index (χ0n) is 10.9. The lowest BCUT2D eigenvalue weighted by atomic mass is 9.99. The summed E-state index contributed by atoms with van der Waals surface area (Å²) in [6.45, 7) is 1.96. The van der Waals surface area contributed by atoms with Gasteiger partial charge in [-0.1, -0.05) is 24.3 Å². The molecule has 3 rings (SSSR count). The normalized spacial score (nSPS) is 14.2. The number of carbonyl (C=O) groups is 1. The predicted octanol–water partition coefficient (Wildman–Crippen LogP) is 3.77. The van der Waals surface area contributed by atoms with E-state index in [2.05, 4.69) is 0 Å². The molecule has 2 aromatic carbocycles. The molecule has 96 valence electrons. The minimum atomic E-state index is 0.0658. The van der Waals surface area contributed by atoms with Gasteiger partial charge >= 0.3 is 0 Å². The van der Waals surface area contributed by atoms with Crippen LogP contribution < -0.4 is 4.74 Å². The molecule has 0 radical (unpaired) electrons. The molecule has 0 aliphatic heterocycles. The highest BCUT2D eigenvalue weighted by Crippen LogP contribution is 2.27. The fourth-order valence-corrected chi connectivity index (χ4v) is 2.05. The van der Waals surface area contributed by atoms with Crippen LogP contribution in [-0.4, -0.2) is 11.9 Å². The molecule has 2 heteroatoms. The van der Waals surface area contributed by atoms with Gasteiger partial charge in [-0.05, 0) is 49.6 Å². The van der Waals surface area contributed by atoms with E-state index in [4.69, 9.17) is 4.74 Å². The summed E-state index contributed by atoms with van der Waals surface area (Å²) in [5, 5.41) is 0. The fourth-order valence-electron chi connectivity index (χ4n) is 2.05.